The second kappa shape index (κ2) is 7.64. The van der Waals surface area contributed by atoms with Gasteiger partial charge in [-0.3, -0.25) is 4.79 Å². The van der Waals surface area contributed by atoms with Gasteiger partial charge in [-0.25, -0.2) is 0 Å². The number of hydrogen-bond acceptors (Lipinski definition) is 3. The Hall–Kier alpha value is -2.11. The maximum absolute atomic E-state index is 12.5. The Morgan fingerprint density at radius 3 is 2.25 bits per heavy atom. The molecule has 2 rings (SSSR count). The van der Waals surface area contributed by atoms with Crippen molar-refractivity contribution < 1.29 is 14.6 Å². The summed E-state index contributed by atoms with van der Waals surface area (Å²) in [6.07, 6.45) is 0.437. The van der Waals surface area contributed by atoms with Gasteiger partial charge in [0.15, 0.2) is 0 Å². The van der Waals surface area contributed by atoms with Crippen LogP contribution in [0.3, 0.4) is 0 Å². The Morgan fingerprint density at radius 2 is 1.75 bits per heavy atom. The van der Waals surface area contributed by atoms with Gasteiger partial charge in [0, 0.05) is 36.4 Å². The molecule has 24 heavy (non-hydrogen) atoms. The van der Waals surface area contributed by atoms with Gasteiger partial charge in [-0.1, -0.05) is 0 Å². The van der Waals surface area contributed by atoms with Crippen LogP contribution < -0.4 is 5.32 Å². The summed E-state index contributed by atoms with van der Waals surface area (Å²) in [5.74, 6) is -0.171. The largest absolute Gasteiger partial charge is 0.396 e. The van der Waals surface area contributed by atoms with Crippen LogP contribution in [0, 0.1) is 13.8 Å². The van der Waals surface area contributed by atoms with Gasteiger partial charge in [-0.2, -0.15) is 0 Å². The first-order valence-electron chi connectivity index (χ1n) is 8.08. The number of benzene rings is 1. The van der Waals surface area contributed by atoms with Crippen molar-refractivity contribution >= 4 is 5.91 Å². The van der Waals surface area contributed by atoms with Crippen LogP contribution >= 0.6 is 0 Å². The van der Waals surface area contributed by atoms with Crippen molar-refractivity contribution in [3.05, 3.63) is 53.3 Å². The summed E-state index contributed by atoms with van der Waals surface area (Å²) in [7, 11) is 1.58. The highest BCUT2D eigenvalue weighted by atomic mass is 16.5. The Morgan fingerprint density at radius 1 is 1.17 bits per heavy atom. The average Bonchev–Trinajstić information content (AvgIpc) is 2.86. The molecule has 1 aromatic carbocycles. The highest BCUT2D eigenvalue weighted by molar-refractivity contribution is 5.94. The van der Waals surface area contributed by atoms with Crippen LogP contribution in [-0.4, -0.2) is 41.4 Å². The lowest BCUT2D eigenvalue weighted by molar-refractivity contribution is 0.0725. The normalized spacial score (nSPS) is 13.5. The third-order valence-corrected chi connectivity index (χ3v) is 4.20. The van der Waals surface area contributed by atoms with Crippen LogP contribution in [0.2, 0.25) is 0 Å². The molecule has 0 aliphatic rings. The second-order valence-corrected chi connectivity index (χ2v) is 6.42. The third kappa shape index (κ3) is 4.04. The Balaban J connectivity index is 2.17. The van der Waals surface area contributed by atoms with E-state index in [-0.39, 0.29) is 12.5 Å². The van der Waals surface area contributed by atoms with Crippen LogP contribution in [0.4, 0.5) is 0 Å². The molecule has 0 bridgehead atoms. The molecule has 1 aromatic heterocycles. The molecule has 0 aliphatic carbocycles. The topological polar surface area (TPSA) is 63.5 Å². The number of hydrogen-bond donors (Lipinski definition) is 2. The van der Waals surface area contributed by atoms with E-state index < -0.39 is 5.54 Å². The SMILES string of the molecule is COCC(C)(CCO)NC(=O)c1ccc(-n2c(C)ccc2C)cc1. The summed E-state index contributed by atoms with van der Waals surface area (Å²) >= 11 is 0. The second-order valence-electron chi connectivity index (χ2n) is 6.42. The van der Waals surface area contributed by atoms with Gasteiger partial charge < -0.3 is 19.7 Å². The third-order valence-electron chi connectivity index (χ3n) is 4.20. The number of rotatable bonds is 7. The smallest absolute Gasteiger partial charge is 0.251 e. The summed E-state index contributed by atoms with van der Waals surface area (Å²) in [6.45, 7) is 6.31. The monoisotopic (exact) mass is 330 g/mol. The van der Waals surface area contributed by atoms with Crippen molar-refractivity contribution in [1.29, 1.82) is 0 Å². The predicted octanol–water partition coefficient (Wildman–Crippen LogP) is 2.61. The number of methoxy groups -OCH3 is 1. The molecule has 1 unspecified atom stereocenters. The fourth-order valence-electron chi connectivity index (χ4n) is 2.92. The number of carbonyl (C=O) groups is 1. The maximum atomic E-state index is 12.5. The summed E-state index contributed by atoms with van der Waals surface area (Å²) in [5.41, 5.74) is 3.33. The van der Waals surface area contributed by atoms with Crippen molar-refractivity contribution in [1.82, 2.24) is 9.88 Å². The van der Waals surface area contributed by atoms with Crippen LogP contribution in [0.5, 0.6) is 0 Å². The van der Waals surface area contributed by atoms with Gasteiger partial charge in [0.25, 0.3) is 5.91 Å². The Bertz CT molecular complexity index is 664. The van der Waals surface area contributed by atoms with Gasteiger partial charge in [-0.15, -0.1) is 0 Å². The molecule has 0 spiro atoms. The van der Waals surface area contributed by atoms with Gasteiger partial charge in [0.2, 0.25) is 0 Å². The molecule has 2 aromatic rings. The molecule has 2 N–H and O–H groups in total. The number of nitrogens with zero attached hydrogens (tertiary/aromatic N) is 1. The molecule has 1 amide bonds. The molecule has 0 saturated heterocycles. The van der Waals surface area contributed by atoms with E-state index in [0.29, 0.717) is 18.6 Å². The Kier molecular flexibility index (Phi) is 5.80. The highest BCUT2D eigenvalue weighted by Crippen LogP contribution is 2.18. The molecule has 0 fully saturated rings. The molecule has 0 aliphatic heterocycles. The van der Waals surface area contributed by atoms with Gasteiger partial charge in [0.1, 0.15) is 0 Å². The van der Waals surface area contributed by atoms with Crippen molar-refractivity contribution in [3.8, 4) is 5.69 Å². The standard InChI is InChI=1S/C19H26N2O3/c1-14-5-6-15(2)21(14)17-9-7-16(8-10-17)18(23)20-19(3,11-12-22)13-24-4/h5-10,22H,11-13H2,1-4H3,(H,20,23). The summed E-state index contributed by atoms with van der Waals surface area (Å²) in [5, 5.41) is 12.2. The summed E-state index contributed by atoms with van der Waals surface area (Å²) in [6, 6.07) is 11.6. The molecule has 5 heteroatoms. The van der Waals surface area contributed by atoms with E-state index in [9.17, 15) is 9.90 Å². The number of nitrogens with one attached hydrogen (secondary N) is 1. The van der Waals surface area contributed by atoms with Crippen molar-refractivity contribution in [2.24, 2.45) is 0 Å². The minimum Gasteiger partial charge on any atom is -0.396 e. The zero-order chi connectivity index (χ0) is 17.7. The molecular formula is C19H26N2O3. The van der Waals surface area contributed by atoms with Gasteiger partial charge in [-0.05, 0) is 63.6 Å². The fraction of sp³-hybridized carbons (Fsp3) is 0.421. The average molecular weight is 330 g/mol. The molecule has 1 heterocycles. The first-order chi connectivity index (χ1) is 11.4. The number of aliphatic hydroxyl groups is 1. The van der Waals surface area contributed by atoms with E-state index in [1.54, 1.807) is 7.11 Å². The summed E-state index contributed by atoms with van der Waals surface area (Å²) < 4.78 is 7.30. The number of ether oxygens (including phenoxy) is 1. The zero-order valence-corrected chi connectivity index (χ0v) is 14.8. The molecule has 0 radical (unpaired) electrons. The fourth-order valence-corrected chi connectivity index (χ4v) is 2.92. The number of carbonyl (C=O) groups excluding carboxylic acids is 1. The molecular weight excluding hydrogens is 304 g/mol. The lowest BCUT2D eigenvalue weighted by Crippen LogP contribution is -2.50. The van der Waals surface area contributed by atoms with E-state index in [2.05, 4.69) is 35.9 Å². The first-order valence-corrected chi connectivity index (χ1v) is 8.08. The first kappa shape index (κ1) is 18.2. The van der Waals surface area contributed by atoms with E-state index in [4.69, 9.17) is 4.74 Å². The van der Waals surface area contributed by atoms with Gasteiger partial charge >= 0.3 is 0 Å². The number of aliphatic hydroxyl groups excluding tert-OH is 1. The minimum atomic E-state index is -0.590. The van der Waals surface area contributed by atoms with Crippen molar-refractivity contribution in [3.63, 3.8) is 0 Å². The van der Waals surface area contributed by atoms with Crippen LogP contribution in [0.1, 0.15) is 35.1 Å². The molecule has 1 atom stereocenters. The lowest BCUT2D eigenvalue weighted by atomic mass is 9.98. The summed E-state index contributed by atoms with van der Waals surface area (Å²) in [4.78, 5) is 12.5. The van der Waals surface area contributed by atoms with E-state index >= 15 is 0 Å². The van der Waals surface area contributed by atoms with Crippen LogP contribution in [0.25, 0.3) is 5.69 Å². The van der Waals surface area contributed by atoms with Crippen LogP contribution in [0.15, 0.2) is 36.4 Å². The molecule has 130 valence electrons. The number of amides is 1. The van der Waals surface area contributed by atoms with E-state index in [1.807, 2.05) is 31.2 Å². The van der Waals surface area contributed by atoms with E-state index in [0.717, 1.165) is 17.1 Å². The number of aromatic nitrogens is 1. The maximum Gasteiger partial charge on any atom is 0.251 e. The highest BCUT2D eigenvalue weighted by Gasteiger charge is 2.26. The predicted molar refractivity (Wildman–Crippen MR) is 94.7 cm³/mol. The quantitative estimate of drug-likeness (QED) is 0.820. The molecule has 5 nitrogen and oxygen atoms in total. The lowest BCUT2D eigenvalue weighted by Gasteiger charge is -2.29. The Labute approximate surface area is 143 Å². The van der Waals surface area contributed by atoms with Gasteiger partial charge in [0.05, 0.1) is 12.1 Å². The molecule has 0 saturated carbocycles. The van der Waals surface area contributed by atoms with Crippen molar-refractivity contribution in [2.75, 3.05) is 20.3 Å². The zero-order valence-electron chi connectivity index (χ0n) is 14.8. The van der Waals surface area contributed by atoms with Crippen molar-refractivity contribution in [2.45, 2.75) is 32.7 Å². The van der Waals surface area contributed by atoms with Crippen LogP contribution in [-0.2, 0) is 4.74 Å². The number of aryl methyl sites for hydroxylation is 2. The minimum absolute atomic E-state index is 0.00867. The van der Waals surface area contributed by atoms with E-state index in [1.165, 1.54) is 0 Å².